The van der Waals surface area contributed by atoms with Gasteiger partial charge in [0, 0.05) is 28.8 Å². The van der Waals surface area contributed by atoms with E-state index >= 15 is 0 Å². The smallest absolute Gasteiger partial charge is 0.0895 e. The molecule has 0 saturated carbocycles. The van der Waals surface area contributed by atoms with Crippen LogP contribution in [-0.2, 0) is 10.2 Å². The molecule has 4 rings (SSSR count). The summed E-state index contributed by atoms with van der Waals surface area (Å²) in [5.41, 5.74) is 5.26. The number of fused-ring (bicyclic) bond motifs is 3. The number of ether oxygens (including phenoxy) is 1. The number of halogens is 1. The van der Waals surface area contributed by atoms with Crippen LogP contribution < -0.4 is 5.32 Å². The van der Waals surface area contributed by atoms with Gasteiger partial charge in [0.2, 0.25) is 0 Å². The Balaban J connectivity index is 1.78. The van der Waals surface area contributed by atoms with Gasteiger partial charge in [-0.25, -0.2) is 0 Å². The van der Waals surface area contributed by atoms with Gasteiger partial charge in [-0.2, -0.15) is 0 Å². The van der Waals surface area contributed by atoms with Gasteiger partial charge in [-0.3, -0.25) is 0 Å². The maximum absolute atomic E-state index is 6.29. The molecule has 1 N–H and O–H groups in total. The molecule has 0 amide bonds. The van der Waals surface area contributed by atoms with Gasteiger partial charge in [0.25, 0.3) is 0 Å². The van der Waals surface area contributed by atoms with Crippen molar-refractivity contribution in [2.24, 2.45) is 5.92 Å². The van der Waals surface area contributed by atoms with Crippen LogP contribution >= 0.6 is 11.6 Å². The minimum Gasteiger partial charge on any atom is -0.378 e. The molecule has 2 heterocycles. The summed E-state index contributed by atoms with van der Waals surface area (Å²) in [5.74, 6) is 0.440. The van der Waals surface area contributed by atoms with E-state index < -0.39 is 0 Å². The Morgan fingerprint density at radius 2 is 1.96 bits per heavy atom. The highest BCUT2D eigenvalue weighted by atomic mass is 35.5. The molecule has 1 unspecified atom stereocenters. The highest BCUT2D eigenvalue weighted by molar-refractivity contribution is 6.30. The van der Waals surface area contributed by atoms with Crippen LogP contribution in [-0.4, -0.2) is 6.61 Å². The molecular formula is C22H26ClNO. The SMILES string of the molecule is CC(C)(C)c1ccc2c(c1)[C@H]1OCCC[C@H]1C(c1cccc(Cl)c1)N2. The zero-order valence-electron chi connectivity index (χ0n) is 15.2. The van der Waals surface area contributed by atoms with Crippen LogP contribution in [0.2, 0.25) is 5.02 Å². The lowest BCUT2D eigenvalue weighted by atomic mass is 9.76. The van der Waals surface area contributed by atoms with Crippen LogP contribution in [0, 0.1) is 5.92 Å². The Labute approximate surface area is 155 Å². The van der Waals surface area contributed by atoms with Gasteiger partial charge in [-0.1, -0.05) is 56.6 Å². The molecule has 3 heteroatoms. The number of hydrogen-bond donors (Lipinski definition) is 1. The maximum Gasteiger partial charge on any atom is 0.0895 e. The molecule has 2 nitrogen and oxygen atoms in total. The maximum atomic E-state index is 6.29. The predicted octanol–water partition coefficient (Wildman–Crippen LogP) is 6.27. The third kappa shape index (κ3) is 3.18. The summed E-state index contributed by atoms with van der Waals surface area (Å²) in [7, 11) is 0. The van der Waals surface area contributed by atoms with Gasteiger partial charge in [0.1, 0.15) is 0 Å². The van der Waals surface area contributed by atoms with Crippen molar-refractivity contribution < 1.29 is 4.74 Å². The molecule has 1 saturated heterocycles. The molecule has 0 aliphatic carbocycles. The first-order valence-corrected chi connectivity index (χ1v) is 9.59. The highest BCUT2D eigenvalue weighted by Crippen LogP contribution is 2.49. The third-order valence-electron chi connectivity index (χ3n) is 5.54. The standard InChI is InChI=1S/C22H26ClNO/c1-22(2,3)15-9-10-19-18(13-15)21-17(8-5-11-25-21)20(24-19)14-6-4-7-16(23)12-14/h4,6-7,9-10,12-13,17,20-21,24H,5,8,11H2,1-3H3/t17-,20?,21-/m0/s1. The largest absolute Gasteiger partial charge is 0.378 e. The van der Waals surface area contributed by atoms with Crippen molar-refractivity contribution in [2.75, 3.05) is 11.9 Å². The molecule has 0 radical (unpaired) electrons. The Kier molecular flexibility index (Phi) is 4.29. The van der Waals surface area contributed by atoms with Gasteiger partial charge in [-0.15, -0.1) is 0 Å². The second-order valence-electron chi connectivity index (χ2n) is 8.33. The van der Waals surface area contributed by atoms with Crippen molar-refractivity contribution >= 4 is 17.3 Å². The van der Waals surface area contributed by atoms with E-state index in [4.69, 9.17) is 16.3 Å². The second-order valence-corrected chi connectivity index (χ2v) is 8.76. The van der Waals surface area contributed by atoms with E-state index in [0.29, 0.717) is 5.92 Å². The summed E-state index contributed by atoms with van der Waals surface area (Å²) >= 11 is 6.25. The summed E-state index contributed by atoms with van der Waals surface area (Å²) in [4.78, 5) is 0. The number of hydrogen-bond acceptors (Lipinski definition) is 2. The first kappa shape index (κ1) is 16.9. The molecular weight excluding hydrogens is 330 g/mol. The fourth-order valence-corrected chi connectivity index (χ4v) is 4.37. The van der Waals surface area contributed by atoms with Crippen LogP contribution in [0.3, 0.4) is 0 Å². The van der Waals surface area contributed by atoms with Gasteiger partial charge in [0.05, 0.1) is 12.1 Å². The zero-order chi connectivity index (χ0) is 17.6. The fourth-order valence-electron chi connectivity index (χ4n) is 4.17. The topological polar surface area (TPSA) is 21.3 Å². The van der Waals surface area contributed by atoms with Crippen molar-refractivity contribution in [3.8, 4) is 0 Å². The van der Waals surface area contributed by atoms with Gasteiger partial charge in [0.15, 0.2) is 0 Å². The monoisotopic (exact) mass is 355 g/mol. The predicted molar refractivity (Wildman–Crippen MR) is 104 cm³/mol. The molecule has 0 spiro atoms. The lowest BCUT2D eigenvalue weighted by Crippen LogP contribution is -2.36. The Hall–Kier alpha value is -1.51. The summed E-state index contributed by atoms with van der Waals surface area (Å²) in [6.07, 6.45) is 2.46. The second kappa shape index (κ2) is 6.34. The Bertz CT molecular complexity index is 780. The molecule has 2 aliphatic heterocycles. The van der Waals surface area contributed by atoms with Crippen LogP contribution in [0.25, 0.3) is 0 Å². The lowest BCUT2D eigenvalue weighted by Gasteiger charge is -2.44. The van der Waals surface area contributed by atoms with Crippen LogP contribution in [0.4, 0.5) is 5.69 Å². The Morgan fingerprint density at radius 3 is 2.72 bits per heavy atom. The molecule has 0 aromatic heterocycles. The first-order chi connectivity index (χ1) is 11.9. The van der Waals surface area contributed by atoms with Crippen molar-refractivity contribution in [3.63, 3.8) is 0 Å². The van der Waals surface area contributed by atoms with Crippen molar-refractivity contribution in [3.05, 3.63) is 64.2 Å². The average Bonchev–Trinajstić information content (AvgIpc) is 2.60. The van der Waals surface area contributed by atoms with Crippen LogP contribution in [0.15, 0.2) is 42.5 Å². The number of nitrogens with one attached hydrogen (secondary N) is 1. The van der Waals surface area contributed by atoms with E-state index in [-0.39, 0.29) is 17.6 Å². The summed E-state index contributed by atoms with van der Waals surface area (Å²) in [5, 5.41) is 4.57. The zero-order valence-corrected chi connectivity index (χ0v) is 15.9. The lowest BCUT2D eigenvalue weighted by molar-refractivity contribution is -0.0382. The normalized spacial score (nSPS) is 25.7. The van der Waals surface area contributed by atoms with Gasteiger partial charge < -0.3 is 10.1 Å². The third-order valence-corrected chi connectivity index (χ3v) is 5.77. The summed E-state index contributed by atoms with van der Waals surface area (Å²) < 4.78 is 6.29. The summed E-state index contributed by atoms with van der Waals surface area (Å²) in [6.45, 7) is 7.64. The summed E-state index contributed by atoms with van der Waals surface area (Å²) in [6, 6.07) is 15.3. The van der Waals surface area contributed by atoms with Crippen molar-refractivity contribution in [2.45, 2.75) is 51.2 Å². The first-order valence-electron chi connectivity index (χ1n) is 9.21. The van der Waals surface area contributed by atoms with Gasteiger partial charge in [-0.05, 0) is 47.6 Å². The average molecular weight is 356 g/mol. The molecule has 1 fully saturated rings. The van der Waals surface area contributed by atoms with E-state index in [9.17, 15) is 0 Å². The molecule has 2 aliphatic rings. The molecule has 25 heavy (non-hydrogen) atoms. The van der Waals surface area contributed by atoms with Crippen LogP contribution in [0.1, 0.15) is 62.4 Å². The van der Waals surface area contributed by atoms with E-state index in [1.165, 1.54) is 28.8 Å². The minimum atomic E-state index is 0.142. The minimum absolute atomic E-state index is 0.142. The van der Waals surface area contributed by atoms with Crippen molar-refractivity contribution in [1.29, 1.82) is 0 Å². The molecule has 2 aromatic carbocycles. The van der Waals surface area contributed by atoms with Gasteiger partial charge >= 0.3 is 0 Å². The fraction of sp³-hybridized carbons (Fsp3) is 0.455. The quantitative estimate of drug-likeness (QED) is 0.650. The molecule has 0 bridgehead atoms. The number of anilines is 1. The van der Waals surface area contributed by atoms with E-state index in [1.807, 2.05) is 12.1 Å². The van der Waals surface area contributed by atoms with Crippen LogP contribution in [0.5, 0.6) is 0 Å². The van der Waals surface area contributed by atoms with E-state index in [0.717, 1.165) is 18.1 Å². The molecule has 3 atom stereocenters. The van der Waals surface area contributed by atoms with E-state index in [2.05, 4.69) is 56.4 Å². The molecule has 132 valence electrons. The number of rotatable bonds is 1. The molecule has 2 aromatic rings. The van der Waals surface area contributed by atoms with Crippen molar-refractivity contribution in [1.82, 2.24) is 0 Å². The Morgan fingerprint density at radius 1 is 1.12 bits per heavy atom. The highest BCUT2D eigenvalue weighted by Gasteiger charge is 2.40. The van der Waals surface area contributed by atoms with E-state index in [1.54, 1.807) is 0 Å². The number of benzene rings is 2.